The van der Waals surface area contributed by atoms with Gasteiger partial charge in [0.1, 0.15) is 5.78 Å². The van der Waals surface area contributed by atoms with Crippen LogP contribution in [-0.2, 0) is 11.2 Å². The molecule has 2 heterocycles. The standard InChI is InChI=1S/C19H20N4OS/c20-19(21)23-7-4-17(16-5-8-25-12-16)18(24)10-13-1-2-15-11-22-6-3-14(15)9-13/h1-3,5-6,8-9,11-12,17H,4,7,10H2,(H4,20,21,23). The van der Waals surface area contributed by atoms with Crippen LogP contribution in [0.5, 0.6) is 0 Å². The Morgan fingerprint density at radius 1 is 1.20 bits per heavy atom. The number of carbonyl (C=O) groups excluding carboxylic acids is 1. The quantitative estimate of drug-likeness (QED) is 0.505. The van der Waals surface area contributed by atoms with E-state index in [-0.39, 0.29) is 17.7 Å². The molecule has 3 aromatic rings. The minimum atomic E-state index is -0.192. The number of carbonyl (C=O) groups is 1. The Bertz CT molecular complexity index is 885. The van der Waals surface area contributed by atoms with Crippen molar-refractivity contribution in [3.8, 4) is 0 Å². The maximum absolute atomic E-state index is 12.9. The van der Waals surface area contributed by atoms with Crippen molar-refractivity contribution in [3.63, 3.8) is 0 Å². The lowest BCUT2D eigenvalue weighted by atomic mass is 9.90. The minimum Gasteiger partial charge on any atom is -0.370 e. The molecular formula is C19H20N4OS. The van der Waals surface area contributed by atoms with Gasteiger partial charge in [-0.25, -0.2) is 0 Å². The van der Waals surface area contributed by atoms with Crippen LogP contribution in [-0.4, -0.2) is 23.3 Å². The number of rotatable bonds is 7. The number of ketones is 1. The molecule has 5 nitrogen and oxygen atoms in total. The van der Waals surface area contributed by atoms with Crippen molar-refractivity contribution in [2.45, 2.75) is 18.8 Å². The SMILES string of the molecule is NC(N)=NCCC(C(=O)Cc1ccc2cnccc2c1)c1ccsc1. The molecule has 6 heteroatoms. The molecule has 0 bridgehead atoms. The average molecular weight is 352 g/mol. The lowest BCUT2D eigenvalue weighted by molar-refractivity contribution is -0.120. The number of nitrogens with two attached hydrogens (primary N) is 2. The van der Waals surface area contributed by atoms with E-state index in [9.17, 15) is 4.79 Å². The second-order valence-electron chi connectivity index (χ2n) is 5.90. The first kappa shape index (κ1) is 17.1. The lowest BCUT2D eigenvalue weighted by Crippen LogP contribution is -2.23. The zero-order valence-electron chi connectivity index (χ0n) is 13.8. The Hall–Kier alpha value is -2.73. The van der Waals surface area contributed by atoms with Gasteiger partial charge in [0.2, 0.25) is 0 Å². The molecule has 25 heavy (non-hydrogen) atoms. The van der Waals surface area contributed by atoms with Crippen molar-refractivity contribution in [2.24, 2.45) is 16.5 Å². The highest BCUT2D eigenvalue weighted by Crippen LogP contribution is 2.25. The van der Waals surface area contributed by atoms with Gasteiger partial charge in [0, 0.05) is 36.7 Å². The third-order valence-electron chi connectivity index (χ3n) is 4.13. The Morgan fingerprint density at radius 2 is 2.08 bits per heavy atom. The summed E-state index contributed by atoms with van der Waals surface area (Å²) >= 11 is 1.59. The third-order valence-corrected chi connectivity index (χ3v) is 4.83. The molecule has 0 amide bonds. The van der Waals surface area contributed by atoms with E-state index in [1.165, 1.54) is 0 Å². The van der Waals surface area contributed by atoms with Gasteiger partial charge < -0.3 is 11.5 Å². The molecule has 128 valence electrons. The number of pyridine rings is 1. The number of thiophene rings is 1. The molecule has 0 radical (unpaired) electrons. The fourth-order valence-electron chi connectivity index (χ4n) is 2.88. The molecule has 3 rings (SSSR count). The smallest absolute Gasteiger partial charge is 0.185 e. The molecule has 0 fully saturated rings. The lowest BCUT2D eigenvalue weighted by Gasteiger charge is -2.14. The number of aliphatic imine (C=N–C) groups is 1. The Kier molecular flexibility index (Phi) is 5.40. The van der Waals surface area contributed by atoms with Crippen LogP contribution in [0.3, 0.4) is 0 Å². The average Bonchev–Trinajstić information content (AvgIpc) is 3.12. The molecule has 0 aliphatic carbocycles. The fourth-order valence-corrected chi connectivity index (χ4v) is 3.59. The van der Waals surface area contributed by atoms with Crippen molar-refractivity contribution in [1.29, 1.82) is 0 Å². The maximum atomic E-state index is 12.9. The van der Waals surface area contributed by atoms with Gasteiger partial charge in [-0.3, -0.25) is 14.8 Å². The van der Waals surface area contributed by atoms with Crippen LogP contribution < -0.4 is 11.5 Å². The van der Waals surface area contributed by atoms with Crippen molar-refractivity contribution in [2.75, 3.05) is 6.54 Å². The van der Waals surface area contributed by atoms with Crippen molar-refractivity contribution >= 4 is 33.9 Å². The summed E-state index contributed by atoms with van der Waals surface area (Å²) in [6, 6.07) is 10.00. The van der Waals surface area contributed by atoms with Gasteiger partial charge in [0.15, 0.2) is 5.96 Å². The number of hydrogen-bond acceptors (Lipinski definition) is 4. The van der Waals surface area contributed by atoms with Gasteiger partial charge in [-0.05, 0) is 45.8 Å². The summed E-state index contributed by atoms with van der Waals surface area (Å²) in [5.74, 6) is 0.0414. The summed E-state index contributed by atoms with van der Waals surface area (Å²) in [7, 11) is 0. The highest BCUT2D eigenvalue weighted by Gasteiger charge is 2.21. The number of aromatic nitrogens is 1. The van der Waals surface area contributed by atoms with Gasteiger partial charge in [-0.2, -0.15) is 11.3 Å². The number of benzene rings is 1. The van der Waals surface area contributed by atoms with E-state index in [1.54, 1.807) is 17.5 Å². The van der Waals surface area contributed by atoms with Crippen LogP contribution >= 0.6 is 11.3 Å². The molecule has 0 saturated carbocycles. The number of guanidine groups is 1. The summed E-state index contributed by atoms with van der Waals surface area (Å²) in [6.45, 7) is 0.442. The predicted octanol–water partition coefficient (Wildman–Crippen LogP) is 2.86. The highest BCUT2D eigenvalue weighted by molar-refractivity contribution is 7.08. The van der Waals surface area contributed by atoms with E-state index in [0.29, 0.717) is 19.4 Å². The van der Waals surface area contributed by atoms with Gasteiger partial charge >= 0.3 is 0 Å². The first-order chi connectivity index (χ1) is 12.1. The predicted molar refractivity (Wildman–Crippen MR) is 103 cm³/mol. The molecule has 1 unspecified atom stereocenters. The van der Waals surface area contributed by atoms with Gasteiger partial charge in [-0.15, -0.1) is 0 Å². The van der Waals surface area contributed by atoms with Crippen LogP contribution in [0.2, 0.25) is 0 Å². The van der Waals surface area contributed by atoms with Crippen LogP contribution in [0, 0.1) is 0 Å². The van der Waals surface area contributed by atoms with Gasteiger partial charge in [0.25, 0.3) is 0 Å². The minimum absolute atomic E-state index is 0.0552. The number of Topliss-reactive ketones (excluding diaryl/α,β-unsaturated/α-hetero) is 1. The molecule has 0 aliphatic heterocycles. The second kappa shape index (κ2) is 7.90. The van der Waals surface area contributed by atoms with Crippen LogP contribution in [0.4, 0.5) is 0 Å². The molecule has 0 aliphatic rings. The molecule has 1 atom stereocenters. The van der Waals surface area contributed by atoms with E-state index in [4.69, 9.17) is 11.5 Å². The maximum Gasteiger partial charge on any atom is 0.185 e. The molecular weight excluding hydrogens is 332 g/mol. The highest BCUT2D eigenvalue weighted by atomic mass is 32.1. The molecule has 0 saturated heterocycles. The Labute approximate surface area is 150 Å². The van der Waals surface area contributed by atoms with Gasteiger partial charge in [-0.1, -0.05) is 18.2 Å². The van der Waals surface area contributed by atoms with Crippen LogP contribution in [0.15, 0.2) is 58.5 Å². The number of nitrogens with zero attached hydrogens (tertiary/aromatic N) is 2. The van der Waals surface area contributed by atoms with Crippen LogP contribution in [0.1, 0.15) is 23.5 Å². The first-order valence-corrected chi connectivity index (χ1v) is 9.00. The molecule has 1 aromatic carbocycles. The number of fused-ring (bicyclic) bond motifs is 1. The van der Waals surface area contributed by atoms with Crippen molar-refractivity contribution < 1.29 is 4.79 Å². The largest absolute Gasteiger partial charge is 0.370 e. The van der Waals surface area contributed by atoms with E-state index in [1.807, 2.05) is 41.2 Å². The topological polar surface area (TPSA) is 94.4 Å². The summed E-state index contributed by atoms with van der Waals surface area (Å²) in [6.07, 6.45) is 4.58. The normalized spacial score (nSPS) is 12.0. The zero-order valence-corrected chi connectivity index (χ0v) is 14.6. The molecule has 4 N–H and O–H groups in total. The van der Waals surface area contributed by atoms with E-state index in [0.717, 1.165) is 21.9 Å². The molecule has 0 spiro atoms. The second-order valence-corrected chi connectivity index (χ2v) is 6.68. The first-order valence-electron chi connectivity index (χ1n) is 8.06. The monoisotopic (exact) mass is 352 g/mol. The van der Waals surface area contributed by atoms with Crippen molar-refractivity contribution in [1.82, 2.24) is 4.98 Å². The summed E-state index contributed by atoms with van der Waals surface area (Å²) < 4.78 is 0. The Balaban J connectivity index is 1.77. The van der Waals surface area contributed by atoms with E-state index >= 15 is 0 Å². The van der Waals surface area contributed by atoms with E-state index < -0.39 is 0 Å². The van der Waals surface area contributed by atoms with Crippen LogP contribution in [0.25, 0.3) is 10.8 Å². The van der Waals surface area contributed by atoms with Crippen molar-refractivity contribution in [3.05, 3.63) is 64.6 Å². The summed E-state index contributed by atoms with van der Waals surface area (Å²) in [4.78, 5) is 21.0. The fraction of sp³-hybridized carbons (Fsp3) is 0.211. The van der Waals surface area contributed by atoms with Gasteiger partial charge in [0.05, 0.1) is 0 Å². The van der Waals surface area contributed by atoms with E-state index in [2.05, 4.69) is 16.0 Å². The summed E-state index contributed by atoms with van der Waals surface area (Å²) in [5, 5.41) is 6.16. The zero-order chi connectivity index (χ0) is 17.6. The summed E-state index contributed by atoms with van der Waals surface area (Å²) in [5.41, 5.74) is 12.8. The number of hydrogen-bond donors (Lipinski definition) is 2. The molecule has 2 aromatic heterocycles. The third kappa shape index (κ3) is 4.42. The Morgan fingerprint density at radius 3 is 2.84 bits per heavy atom.